The largest absolute Gasteiger partial charge is 0.523 e. The molecular formula is C7H11F3O4S. The summed E-state index contributed by atoms with van der Waals surface area (Å²) in [5.74, 6) is 0. The molecule has 1 rings (SSSR count). The van der Waals surface area contributed by atoms with Gasteiger partial charge in [-0.05, 0) is 19.3 Å². The Morgan fingerprint density at radius 1 is 1.20 bits per heavy atom. The minimum Gasteiger partial charge on any atom is -0.376 e. The maximum Gasteiger partial charge on any atom is 0.523 e. The van der Waals surface area contributed by atoms with E-state index in [1.807, 2.05) is 0 Å². The molecule has 0 amide bonds. The average molecular weight is 248 g/mol. The van der Waals surface area contributed by atoms with E-state index in [0.717, 1.165) is 19.3 Å². The van der Waals surface area contributed by atoms with Crippen molar-refractivity contribution < 1.29 is 30.5 Å². The molecule has 0 aromatic rings. The number of halogens is 3. The van der Waals surface area contributed by atoms with Crippen LogP contribution in [0.4, 0.5) is 13.2 Å². The second-order valence-corrected chi connectivity index (χ2v) is 4.75. The lowest BCUT2D eigenvalue weighted by Gasteiger charge is -2.25. The standard InChI is InChI=1S/C7H11F3O4S/c8-7(9,10)15(11,12)14-5-4-13-6-2-1-3-6/h6H,1-5H2. The average Bonchev–Trinajstić information content (AvgIpc) is 1.98. The summed E-state index contributed by atoms with van der Waals surface area (Å²) in [5, 5.41) is 0. The van der Waals surface area contributed by atoms with Gasteiger partial charge in [-0.2, -0.15) is 21.6 Å². The Morgan fingerprint density at radius 2 is 1.80 bits per heavy atom. The first-order chi connectivity index (χ1) is 6.83. The number of hydrogen-bond acceptors (Lipinski definition) is 4. The third-order valence-electron chi connectivity index (χ3n) is 2.01. The van der Waals surface area contributed by atoms with Crippen molar-refractivity contribution in [3.63, 3.8) is 0 Å². The van der Waals surface area contributed by atoms with Crippen molar-refractivity contribution in [2.24, 2.45) is 0 Å². The van der Waals surface area contributed by atoms with Gasteiger partial charge in [0.25, 0.3) is 0 Å². The smallest absolute Gasteiger partial charge is 0.376 e. The van der Waals surface area contributed by atoms with E-state index in [4.69, 9.17) is 4.74 Å². The zero-order valence-corrected chi connectivity index (χ0v) is 8.60. The van der Waals surface area contributed by atoms with Crippen LogP contribution in [-0.4, -0.2) is 33.2 Å². The Kier molecular flexibility index (Phi) is 3.96. The molecule has 1 aliphatic rings. The van der Waals surface area contributed by atoms with Gasteiger partial charge in [0.05, 0.1) is 19.3 Å². The summed E-state index contributed by atoms with van der Waals surface area (Å²) >= 11 is 0. The summed E-state index contributed by atoms with van der Waals surface area (Å²) in [4.78, 5) is 0. The fraction of sp³-hybridized carbons (Fsp3) is 1.00. The van der Waals surface area contributed by atoms with Crippen LogP contribution in [-0.2, 0) is 19.0 Å². The highest BCUT2D eigenvalue weighted by Gasteiger charge is 2.47. The van der Waals surface area contributed by atoms with Crippen molar-refractivity contribution in [2.45, 2.75) is 30.9 Å². The Balaban J connectivity index is 2.18. The summed E-state index contributed by atoms with van der Waals surface area (Å²) in [6, 6.07) is 0. The van der Waals surface area contributed by atoms with Crippen LogP contribution < -0.4 is 0 Å². The van der Waals surface area contributed by atoms with E-state index in [9.17, 15) is 21.6 Å². The van der Waals surface area contributed by atoms with Crippen LogP contribution in [0.25, 0.3) is 0 Å². The Labute approximate surface area is 85.5 Å². The number of alkyl halides is 3. The molecule has 0 heterocycles. The molecule has 0 aromatic heterocycles. The van der Waals surface area contributed by atoms with E-state index in [1.165, 1.54) is 0 Å². The monoisotopic (exact) mass is 248 g/mol. The van der Waals surface area contributed by atoms with Crippen molar-refractivity contribution in [3.05, 3.63) is 0 Å². The first-order valence-electron chi connectivity index (χ1n) is 4.40. The molecule has 0 spiro atoms. The van der Waals surface area contributed by atoms with E-state index in [1.54, 1.807) is 0 Å². The normalized spacial score (nSPS) is 18.9. The molecule has 0 atom stereocenters. The summed E-state index contributed by atoms with van der Waals surface area (Å²) in [6.45, 7) is -0.738. The minimum atomic E-state index is -5.46. The first kappa shape index (κ1) is 12.7. The fourth-order valence-corrected chi connectivity index (χ4v) is 1.38. The molecule has 0 N–H and O–H groups in total. The Bertz CT molecular complexity index is 294. The number of rotatable bonds is 5. The number of ether oxygens (including phenoxy) is 1. The van der Waals surface area contributed by atoms with Crippen LogP contribution >= 0.6 is 0 Å². The van der Waals surface area contributed by atoms with Crippen molar-refractivity contribution in [3.8, 4) is 0 Å². The number of hydrogen-bond donors (Lipinski definition) is 0. The van der Waals surface area contributed by atoms with Gasteiger partial charge in [0.1, 0.15) is 0 Å². The summed E-state index contributed by atoms with van der Waals surface area (Å²) in [6.07, 6.45) is 2.81. The van der Waals surface area contributed by atoms with Crippen molar-refractivity contribution in [1.82, 2.24) is 0 Å². The molecule has 1 aliphatic carbocycles. The Hall–Kier alpha value is -0.340. The van der Waals surface area contributed by atoms with E-state index in [0.29, 0.717) is 0 Å². The van der Waals surface area contributed by atoms with Crippen LogP contribution in [0.15, 0.2) is 0 Å². The molecule has 0 aromatic carbocycles. The van der Waals surface area contributed by atoms with E-state index >= 15 is 0 Å². The predicted molar refractivity (Wildman–Crippen MR) is 44.5 cm³/mol. The summed E-state index contributed by atoms with van der Waals surface area (Å²) in [5.41, 5.74) is -5.36. The third kappa shape index (κ3) is 3.62. The highest BCUT2D eigenvalue weighted by Crippen LogP contribution is 2.25. The highest BCUT2D eigenvalue weighted by molar-refractivity contribution is 7.87. The van der Waals surface area contributed by atoms with Crippen LogP contribution in [0.2, 0.25) is 0 Å². The predicted octanol–water partition coefficient (Wildman–Crippen LogP) is 1.42. The van der Waals surface area contributed by atoms with Gasteiger partial charge < -0.3 is 4.74 Å². The third-order valence-corrected chi connectivity index (χ3v) is 3.05. The molecule has 1 fully saturated rings. The van der Waals surface area contributed by atoms with Gasteiger partial charge in [0.2, 0.25) is 0 Å². The van der Waals surface area contributed by atoms with E-state index in [-0.39, 0.29) is 12.7 Å². The van der Waals surface area contributed by atoms with Gasteiger partial charge in [-0.15, -0.1) is 0 Å². The lowest BCUT2D eigenvalue weighted by atomic mass is 9.96. The second kappa shape index (κ2) is 4.67. The molecule has 15 heavy (non-hydrogen) atoms. The lowest BCUT2D eigenvalue weighted by molar-refractivity contribution is -0.0583. The molecule has 0 unspecified atom stereocenters. The van der Waals surface area contributed by atoms with Crippen LogP contribution in [0, 0.1) is 0 Å². The quantitative estimate of drug-likeness (QED) is 0.419. The first-order valence-corrected chi connectivity index (χ1v) is 5.81. The molecule has 0 saturated heterocycles. The van der Waals surface area contributed by atoms with Gasteiger partial charge in [-0.3, -0.25) is 4.18 Å². The second-order valence-electron chi connectivity index (χ2n) is 3.15. The van der Waals surface area contributed by atoms with E-state index in [2.05, 4.69) is 4.18 Å². The maximum absolute atomic E-state index is 11.7. The topological polar surface area (TPSA) is 52.6 Å². The van der Waals surface area contributed by atoms with E-state index < -0.39 is 22.2 Å². The van der Waals surface area contributed by atoms with Crippen molar-refractivity contribution in [1.29, 1.82) is 0 Å². The minimum absolute atomic E-state index is 0.0437. The van der Waals surface area contributed by atoms with Crippen molar-refractivity contribution >= 4 is 10.1 Å². The zero-order chi connectivity index (χ0) is 11.5. The molecule has 90 valence electrons. The van der Waals surface area contributed by atoms with Gasteiger partial charge in [0, 0.05) is 0 Å². The SMILES string of the molecule is O=S(=O)(OCCOC1CCC1)C(F)(F)F. The molecule has 8 heteroatoms. The molecule has 1 saturated carbocycles. The molecule has 0 bridgehead atoms. The summed E-state index contributed by atoms with van der Waals surface area (Å²) in [7, 11) is -5.46. The van der Waals surface area contributed by atoms with Crippen LogP contribution in [0.5, 0.6) is 0 Å². The molecular weight excluding hydrogens is 237 g/mol. The van der Waals surface area contributed by atoms with Gasteiger partial charge in [-0.25, -0.2) is 0 Å². The molecule has 0 radical (unpaired) electrons. The zero-order valence-electron chi connectivity index (χ0n) is 7.79. The summed E-state index contributed by atoms with van der Waals surface area (Å²) < 4.78 is 64.7. The highest BCUT2D eigenvalue weighted by atomic mass is 32.2. The van der Waals surface area contributed by atoms with Gasteiger partial charge in [0.15, 0.2) is 0 Å². The van der Waals surface area contributed by atoms with Gasteiger partial charge in [-0.1, -0.05) is 0 Å². The van der Waals surface area contributed by atoms with Crippen LogP contribution in [0.3, 0.4) is 0 Å². The Morgan fingerprint density at radius 3 is 2.20 bits per heavy atom. The van der Waals surface area contributed by atoms with Gasteiger partial charge >= 0.3 is 15.6 Å². The fourth-order valence-electron chi connectivity index (χ4n) is 0.963. The van der Waals surface area contributed by atoms with Crippen LogP contribution in [0.1, 0.15) is 19.3 Å². The molecule has 4 nitrogen and oxygen atoms in total. The van der Waals surface area contributed by atoms with Crippen molar-refractivity contribution in [2.75, 3.05) is 13.2 Å². The maximum atomic E-state index is 11.7. The lowest BCUT2D eigenvalue weighted by Crippen LogP contribution is -2.28. The molecule has 0 aliphatic heterocycles.